The van der Waals surface area contributed by atoms with Gasteiger partial charge in [0.1, 0.15) is 11.6 Å². The van der Waals surface area contributed by atoms with Crippen LogP contribution in [0.1, 0.15) is 28.5 Å². The van der Waals surface area contributed by atoms with Crippen LogP contribution in [0.25, 0.3) is 11.4 Å². The molecule has 4 rings (SSSR count). The summed E-state index contributed by atoms with van der Waals surface area (Å²) in [7, 11) is 0. The molecule has 0 atom stereocenters. The van der Waals surface area contributed by atoms with E-state index in [0.717, 1.165) is 0 Å². The minimum Gasteiger partial charge on any atom is -0.318 e. The van der Waals surface area contributed by atoms with Crippen molar-refractivity contribution < 1.29 is 14.0 Å². The van der Waals surface area contributed by atoms with E-state index < -0.39 is 0 Å². The Hall–Kier alpha value is -3.81. The number of aromatic amines is 1. The molecule has 7 nitrogen and oxygen atoms in total. The topological polar surface area (TPSA) is 95.2 Å². The fourth-order valence-electron chi connectivity index (χ4n) is 3.35. The third kappa shape index (κ3) is 3.98. The fourth-order valence-corrected chi connectivity index (χ4v) is 3.35. The lowest BCUT2D eigenvalue weighted by Crippen LogP contribution is -2.41. The second-order valence-electron chi connectivity index (χ2n) is 7.08. The van der Waals surface area contributed by atoms with Crippen molar-refractivity contribution in [3.63, 3.8) is 0 Å². The number of hydrogen-bond donors (Lipinski definition) is 2. The molecule has 3 aromatic rings. The highest BCUT2D eigenvalue weighted by Gasteiger charge is 2.24. The first-order valence-corrected chi connectivity index (χ1v) is 9.45. The van der Waals surface area contributed by atoms with Crippen LogP contribution in [-0.2, 0) is 13.0 Å². The van der Waals surface area contributed by atoms with E-state index in [-0.39, 0.29) is 29.7 Å². The number of nitrogens with zero attached hydrogens (tertiary/aromatic N) is 2. The molecule has 0 aliphatic carbocycles. The van der Waals surface area contributed by atoms with E-state index in [1.165, 1.54) is 31.2 Å². The highest BCUT2D eigenvalue weighted by atomic mass is 19.1. The zero-order valence-corrected chi connectivity index (χ0v) is 16.2. The van der Waals surface area contributed by atoms with Crippen LogP contribution in [0.2, 0.25) is 0 Å². The first kappa shape index (κ1) is 19.5. The molecule has 2 aromatic carbocycles. The highest BCUT2D eigenvalue weighted by Crippen LogP contribution is 2.20. The molecule has 8 heteroatoms. The van der Waals surface area contributed by atoms with Gasteiger partial charge in [0.15, 0.2) is 5.78 Å². The van der Waals surface area contributed by atoms with Crippen LogP contribution >= 0.6 is 0 Å². The van der Waals surface area contributed by atoms with Crippen molar-refractivity contribution in [2.24, 2.45) is 0 Å². The van der Waals surface area contributed by atoms with Gasteiger partial charge in [-0.1, -0.05) is 0 Å². The number of carbonyl (C=O) groups excluding carboxylic acids is 2. The van der Waals surface area contributed by atoms with E-state index in [4.69, 9.17) is 0 Å². The molecule has 0 fully saturated rings. The van der Waals surface area contributed by atoms with Crippen molar-refractivity contribution in [2.45, 2.75) is 19.9 Å². The van der Waals surface area contributed by atoms with Gasteiger partial charge in [0, 0.05) is 28.9 Å². The smallest absolute Gasteiger partial charge is 0.318 e. The van der Waals surface area contributed by atoms with Crippen LogP contribution in [-0.4, -0.2) is 33.2 Å². The number of benzene rings is 2. The number of anilines is 1. The maximum absolute atomic E-state index is 13.2. The predicted molar refractivity (Wildman–Crippen MR) is 110 cm³/mol. The summed E-state index contributed by atoms with van der Waals surface area (Å²) in [5.74, 6) is -0.0900. The van der Waals surface area contributed by atoms with E-state index in [1.807, 2.05) is 0 Å². The molecule has 0 radical (unpaired) electrons. The SMILES string of the molecule is CC(=O)c1ccc(NC(=O)N2CCc3c(nc(-c4ccc(F)cc4)[nH]c3=O)C2)cc1. The number of nitrogens with one attached hydrogen (secondary N) is 2. The predicted octanol–water partition coefficient (Wildman–Crippen LogP) is 3.37. The number of amides is 2. The molecule has 1 aromatic heterocycles. The van der Waals surface area contributed by atoms with E-state index in [1.54, 1.807) is 29.2 Å². The van der Waals surface area contributed by atoms with Crippen LogP contribution in [0, 0.1) is 5.82 Å². The Morgan fingerprint density at radius 3 is 2.47 bits per heavy atom. The molecule has 2 heterocycles. The van der Waals surface area contributed by atoms with Gasteiger partial charge < -0.3 is 15.2 Å². The molecule has 152 valence electrons. The molecule has 0 bridgehead atoms. The van der Waals surface area contributed by atoms with Gasteiger partial charge in [0.25, 0.3) is 5.56 Å². The summed E-state index contributed by atoms with van der Waals surface area (Å²) >= 11 is 0. The van der Waals surface area contributed by atoms with Gasteiger partial charge in [-0.15, -0.1) is 0 Å². The number of fused-ring (bicyclic) bond motifs is 1. The Morgan fingerprint density at radius 1 is 1.10 bits per heavy atom. The summed E-state index contributed by atoms with van der Waals surface area (Å²) in [5, 5.41) is 2.80. The second-order valence-corrected chi connectivity index (χ2v) is 7.08. The van der Waals surface area contributed by atoms with Crippen LogP contribution in [0.4, 0.5) is 14.9 Å². The molecule has 0 unspecified atom stereocenters. The largest absolute Gasteiger partial charge is 0.322 e. The third-order valence-corrected chi connectivity index (χ3v) is 5.02. The average molecular weight is 406 g/mol. The number of Topliss-reactive ketones (excluding diaryl/α,β-unsaturated/α-hetero) is 1. The molecular formula is C22H19FN4O3. The number of halogens is 1. The van der Waals surface area contributed by atoms with Crippen LogP contribution in [0.5, 0.6) is 0 Å². The van der Waals surface area contributed by atoms with Crippen molar-refractivity contribution in [1.29, 1.82) is 0 Å². The number of urea groups is 1. The Morgan fingerprint density at radius 2 is 1.80 bits per heavy atom. The van der Waals surface area contributed by atoms with E-state index in [9.17, 15) is 18.8 Å². The lowest BCUT2D eigenvalue weighted by molar-refractivity contribution is 0.101. The Bertz CT molecular complexity index is 1170. The van der Waals surface area contributed by atoms with Gasteiger partial charge in [-0.05, 0) is 61.9 Å². The number of carbonyl (C=O) groups is 2. The normalized spacial score (nSPS) is 12.9. The first-order valence-electron chi connectivity index (χ1n) is 9.45. The van der Waals surface area contributed by atoms with E-state index in [0.29, 0.717) is 46.9 Å². The number of rotatable bonds is 3. The molecule has 1 aliphatic heterocycles. The molecule has 30 heavy (non-hydrogen) atoms. The van der Waals surface area contributed by atoms with Crippen molar-refractivity contribution in [2.75, 3.05) is 11.9 Å². The molecule has 0 saturated heterocycles. The lowest BCUT2D eigenvalue weighted by atomic mass is 10.1. The zero-order chi connectivity index (χ0) is 21.3. The monoisotopic (exact) mass is 406 g/mol. The standard InChI is InChI=1S/C22H19FN4O3/c1-13(28)14-4-8-17(9-5-14)24-22(30)27-11-10-18-19(12-27)25-20(26-21(18)29)15-2-6-16(23)7-3-15/h2-9H,10-12H2,1H3,(H,24,30)(H,25,26,29). The first-order chi connectivity index (χ1) is 14.4. The molecule has 0 spiro atoms. The van der Waals surface area contributed by atoms with Gasteiger partial charge in [-0.25, -0.2) is 14.2 Å². The fraction of sp³-hybridized carbons (Fsp3) is 0.182. The van der Waals surface area contributed by atoms with Gasteiger partial charge >= 0.3 is 6.03 Å². The quantitative estimate of drug-likeness (QED) is 0.652. The summed E-state index contributed by atoms with van der Waals surface area (Å²) in [4.78, 5) is 45.3. The Kier molecular flexibility index (Phi) is 5.14. The van der Waals surface area contributed by atoms with Crippen LogP contribution < -0.4 is 10.9 Å². The highest BCUT2D eigenvalue weighted by molar-refractivity contribution is 5.95. The molecule has 0 saturated carbocycles. The van der Waals surface area contributed by atoms with Gasteiger partial charge in [0.2, 0.25) is 0 Å². The molecule has 1 aliphatic rings. The number of ketones is 1. The second kappa shape index (κ2) is 7.90. The van der Waals surface area contributed by atoms with Crippen molar-refractivity contribution in [1.82, 2.24) is 14.9 Å². The third-order valence-electron chi connectivity index (χ3n) is 5.02. The van der Waals surface area contributed by atoms with Crippen molar-refractivity contribution in [3.8, 4) is 11.4 Å². The summed E-state index contributed by atoms with van der Waals surface area (Å²) < 4.78 is 13.2. The van der Waals surface area contributed by atoms with Crippen LogP contribution in [0.3, 0.4) is 0 Å². The van der Waals surface area contributed by atoms with Gasteiger partial charge in [-0.3, -0.25) is 9.59 Å². The minimum atomic E-state index is -0.377. The number of aromatic nitrogens is 2. The Labute approximate surface area is 171 Å². The lowest BCUT2D eigenvalue weighted by Gasteiger charge is -2.28. The zero-order valence-electron chi connectivity index (χ0n) is 16.2. The Balaban J connectivity index is 1.53. The maximum atomic E-state index is 13.2. The maximum Gasteiger partial charge on any atom is 0.322 e. The molecular weight excluding hydrogens is 387 g/mol. The van der Waals surface area contributed by atoms with Gasteiger partial charge in [-0.2, -0.15) is 0 Å². The summed E-state index contributed by atoms with van der Waals surface area (Å²) in [6.45, 7) is 2.05. The number of H-pyrrole nitrogens is 1. The van der Waals surface area contributed by atoms with Crippen molar-refractivity contribution >= 4 is 17.5 Å². The summed E-state index contributed by atoms with van der Waals surface area (Å²) in [6.07, 6.45) is 0.387. The van der Waals surface area contributed by atoms with Crippen LogP contribution in [0.15, 0.2) is 53.3 Å². The van der Waals surface area contributed by atoms with E-state index >= 15 is 0 Å². The van der Waals surface area contributed by atoms with E-state index in [2.05, 4.69) is 15.3 Å². The summed E-state index contributed by atoms with van der Waals surface area (Å²) in [6, 6.07) is 12.0. The minimum absolute atomic E-state index is 0.0474. The van der Waals surface area contributed by atoms with Crippen molar-refractivity contribution in [3.05, 3.63) is 81.5 Å². The number of hydrogen-bond acceptors (Lipinski definition) is 4. The molecule has 2 N–H and O–H groups in total. The average Bonchev–Trinajstić information content (AvgIpc) is 2.74. The molecule has 2 amide bonds. The summed E-state index contributed by atoms with van der Waals surface area (Å²) in [5.41, 5.74) is 2.54. The van der Waals surface area contributed by atoms with Gasteiger partial charge in [0.05, 0.1) is 12.2 Å².